The molecule has 0 unspecified atom stereocenters. The number of aliphatic hydroxyl groups excluding tert-OH is 1. The molecular weight excluding hydrogens is 260 g/mol. The fourth-order valence-corrected chi connectivity index (χ4v) is 1.92. The van der Waals surface area contributed by atoms with Gasteiger partial charge in [-0.2, -0.15) is 0 Å². The molecule has 0 aliphatic heterocycles. The van der Waals surface area contributed by atoms with E-state index < -0.39 is 18.0 Å². The molecule has 0 saturated heterocycles. The van der Waals surface area contributed by atoms with Crippen molar-refractivity contribution in [2.45, 2.75) is 26.3 Å². The minimum Gasteiger partial charge on any atom is -0.480 e. The van der Waals surface area contributed by atoms with Crippen molar-refractivity contribution in [3.8, 4) is 0 Å². The standard InChI is InChI=1S/C14H20N2O4/c1-9-4-5-12(10(2)8-9)16(3)14(20)15-11(6-7-17)13(18)19/h4-5,8,11,17H,6-7H2,1-3H3,(H,15,20)(H,18,19)/t11-/m1/s1. The van der Waals surface area contributed by atoms with Crippen molar-refractivity contribution in [3.63, 3.8) is 0 Å². The Kier molecular flexibility index (Phi) is 5.52. The summed E-state index contributed by atoms with van der Waals surface area (Å²) in [5.41, 5.74) is 2.72. The van der Waals surface area contributed by atoms with E-state index in [9.17, 15) is 9.59 Å². The first-order chi connectivity index (χ1) is 9.36. The molecule has 20 heavy (non-hydrogen) atoms. The van der Waals surface area contributed by atoms with Gasteiger partial charge in [0.15, 0.2) is 0 Å². The van der Waals surface area contributed by atoms with Gasteiger partial charge in [0.25, 0.3) is 0 Å². The van der Waals surface area contributed by atoms with Crippen LogP contribution in [0.25, 0.3) is 0 Å². The number of carbonyl (C=O) groups is 2. The molecule has 1 atom stereocenters. The van der Waals surface area contributed by atoms with E-state index in [0.29, 0.717) is 5.69 Å². The van der Waals surface area contributed by atoms with Gasteiger partial charge in [-0.15, -0.1) is 0 Å². The third kappa shape index (κ3) is 3.96. The molecule has 0 fully saturated rings. The number of carboxylic acids is 1. The van der Waals surface area contributed by atoms with Crippen LogP contribution in [0, 0.1) is 13.8 Å². The van der Waals surface area contributed by atoms with Crippen LogP contribution < -0.4 is 10.2 Å². The summed E-state index contributed by atoms with van der Waals surface area (Å²) in [5.74, 6) is -1.17. The minimum atomic E-state index is -1.17. The van der Waals surface area contributed by atoms with Crippen LogP contribution in [0.1, 0.15) is 17.5 Å². The maximum atomic E-state index is 12.0. The largest absolute Gasteiger partial charge is 0.480 e. The fraction of sp³-hybridized carbons (Fsp3) is 0.429. The summed E-state index contributed by atoms with van der Waals surface area (Å²) in [4.78, 5) is 24.4. The van der Waals surface area contributed by atoms with Crippen LogP contribution in [0.5, 0.6) is 0 Å². The number of rotatable bonds is 5. The van der Waals surface area contributed by atoms with Crippen molar-refractivity contribution >= 4 is 17.7 Å². The van der Waals surface area contributed by atoms with Crippen molar-refractivity contribution in [1.82, 2.24) is 5.32 Å². The molecule has 3 N–H and O–H groups in total. The Morgan fingerprint density at radius 1 is 1.35 bits per heavy atom. The number of benzene rings is 1. The molecule has 0 heterocycles. The van der Waals surface area contributed by atoms with Crippen LogP contribution in [0.15, 0.2) is 18.2 Å². The second kappa shape index (κ2) is 6.91. The monoisotopic (exact) mass is 280 g/mol. The van der Waals surface area contributed by atoms with E-state index in [-0.39, 0.29) is 13.0 Å². The van der Waals surface area contributed by atoms with Crippen molar-refractivity contribution < 1.29 is 19.8 Å². The van der Waals surface area contributed by atoms with E-state index in [0.717, 1.165) is 11.1 Å². The van der Waals surface area contributed by atoms with Crippen molar-refractivity contribution in [3.05, 3.63) is 29.3 Å². The normalized spacial score (nSPS) is 11.8. The zero-order valence-corrected chi connectivity index (χ0v) is 11.9. The molecule has 0 bridgehead atoms. The number of aryl methyl sites for hydroxylation is 2. The van der Waals surface area contributed by atoms with E-state index in [2.05, 4.69) is 5.32 Å². The molecule has 6 heteroatoms. The summed E-state index contributed by atoms with van der Waals surface area (Å²) >= 11 is 0. The first-order valence-corrected chi connectivity index (χ1v) is 6.32. The third-order valence-electron chi connectivity index (χ3n) is 3.03. The van der Waals surface area contributed by atoms with Crippen molar-refractivity contribution in [1.29, 1.82) is 0 Å². The van der Waals surface area contributed by atoms with Crippen molar-refractivity contribution in [2.24, 2.45) is 0 Å². The number of urea groups is 1. The van der Waals surface area contributed by atoms with Crippen LogP contribution in [0.2, 0.25) is 0 Å². The smallest absolute Gasteiger partial charge is 0.326 e. The maximum Gasteiger partial charge on any atom is 0.326 e. The second-order valence-electron chi connectivity index (χ2n) is 4.70. The summed E-state index contributed by atoms with van der Waals surface area (Å²) in [6.45, 7) is 3.54. The van der Waals surface area contributed by atoms with Crippen LogP contribution >= 0.6 is 0 Å². The number of hydrogen-bond acceptors (Lipinski definition) is 3. The Labute approximate surface area is 118 Å². The summed E-state index contributed by atoms with van der Waals surface area (Å²) in [6, 6.07) is 4.03. The lowest BCUT2D eigenvalue weighted by molar-refractivity contribution is -0.139. The Balaban J connectivity index is 2.83. The Bertz CT molecular complexity index is 502. The topological polar surface area (TPSA) is 89.9 Å². The lowest BCUT2D eigenvalue weighted by Gasteiger charge is -2.22. The number of aliphatic hydroxyl groups is 1. The number of nitrogens with one attached hydrogen (secondary N) is 1. The Morgan fingerprint density at radius 2 is 2.00 bits per heavy atom. The highest BCUT2D eigenvalue weighted by atomic mass is 16.4. The molecule has 0 radical (unpaired) electrons. The zero-order valence-electron chi connectivity index (χ0n) is 11.9. The first-order valence-electron chi connectivity index (χ1n) is 6.32. The second-order valence-corrected chi connectivity index (χ2v) is 4.70. The number of anilines is 1. The molecule has 6 nitrogen and oxygen atoms in total. The van der Waals surface area contributed by atoms with E-state index in [1.54, 1.807) is 7.05 Å². The summed E-state index contributed by atoms with van der Waals surface area (Å²) < 4.78 is 0. The number of carbonyl (C=O) groups excluding carboxylic acids is 1. The summed E-state index contributed by atoms with van der Waals surface area (Å²) in [5, 5.41) is 20.1. The van der Waals surface area contributed by atoms with Crippen LogP contribution in [0.3, 0.4) is 0 Å². The molecule has 110 valence electrons. The molecule has 0 aromatic heterocycles. The SMILES string of the molecule is Cc1ccc(N(C)C(=O)N[C@H](CCO)C(=O)O)c(C)c1. The summed E-state index contributed by atoms with van der Waals surface area (Å²) in [7, 11) is 1.57. The zero-order chi connectivity index (χ0) is 15.3. The highest BCUT2D eigenvalue weighted by Gasteiger charge is 2.22. The number of hydrogen-bond donors (Lipinski definition) is 3. The number of carboxylic acid groups (broad SMARTS) is 1. The quantitative estimate of drug-likeness (QED) is 0.758. The Hall–Kier alpha value is -2.08. The third-order valence-corrected chi connectivity index (χ3v) is 3.03. The summed E-state index contributed by atoms with van der Waals surface area (Å²) in [6.07, 6.45) is -0.0260. The lowest BCUT2D eigenvalue weighted by atomic mass is 10.1. The molecule has 1 aromatic rings. The average Bonchev–Trinajstić information content (AvgIpc) is 2.37. The number of nitrogens with zero attached hydrogens (tertiary/aromatic N) is 1. The molecule has 1 rings (SSSR count). The van der Waals surface area contributed by atoms with Crippen LogP contribution in [0.4, 0.5) is 10.5 Å². The number of aliphatic carboxylic acids is 1. The first kappa shape index (κ1) is 16.0. The number of amides is 2. The Morgan fingerprint density at radius 3 is 2.50 bits per heavy atom. The van der Waals surface area contributed by atoms with Gasteiger partial charge >= 0.3 is 12.0 Å². The van der Waals surface area contributed by atoms with Gasteiger partial charge in [-0.05, 0) is 25.5 Å². The average molecular weight is 280 g/mol. The van der Waals surface area contributed by atoms with E-state index in [4.69, 9.17) is 10.2 Å². The van der Waals surface area contributed by atoms with Crippen LogP contribution in [-0.2, 0) is 4.79 Å². The van der Waals surface area contributed by atoms with Gasteiger partial charge in [0.2, 0.25) is 0 Å². The van der Waals surface area contributed by atoms with Gasteiger partial charge in [-0.3, -0.25) is 4.90 Å². The minimum absolute atomic E-state index is 0.0260. The predicted octanol–water partition coefficient (Wildman–Crippen LogP) is 1.28. The van der Waals surface area contributed by atoms with Gasteiger partial charge in [-0.25, -0.2) is 9.59 Å². The van der Waals surface area contributed by atoms with Crippen LogP contribution in [-0.4, -0.2) is 41.9 Å². The molecule has 2 amide bonds. The van der Waals surface area contributed by atoms with E-state index in [1.807, 2.05) is 32.0 Å². The lowest BCUT2D eigenvalue weighted by Crippen LogP contribution is -2.47. The maximum absolute atomic E-state index is 12.0. The van der Waals surface area contributed by atoms with Gasteiger partial charge in [0, 0.05) is 25.8 Å². The molecule has 0 spiro atoms. The molecule has 0 aliphatic carbocycles. The van der Waals surface area contributed by atoms with E-state index in [1.165, 1.54) is 4.90 Å². The van der Waals surface area contributed by atoms with Crippen molar-refractivity contribution in [2.75, 3.05) is 18.6 Å². The fourth-order valence-electron chi connectivity index (χ4n) is 1.92. The molecule has 1 aromatic carbocycles. The highest BCUT2D eigenvalue weighted by Crippen LogP contribution is 2.20. The van der Waals surface area contributed by atoms with Gasteiger partial charge in [0.05, 0.1) is 0 Å². The molecular formula is C14H20N2O4. The van der Waals surface area contributed by atoms with Gasteiger partial charge in [0.1, 0.15) is 6.04 Å². The van der Waals surface area contributed by atoms with E-state index >= 15 is 0 Å². The van der Waals surface area contributed by atoms with Gasteiger partial charge in [-0.1, -0.05) is 17.7 Å². The molecule has 0 aliphatic rings. The predicted molar refractivity (Wildman–Crippen MR) is 76.0 cm³/mol. The van der Waals surface area contributed by atoms with Gasteiger partial charge < -0.3 is 15.5 Å². The highest BCUT2D eigenvalue weighted by molar-refractivity contribution is 5.94. The molecule has 0 saturated carbocycles.